The highest BCUT2D eigenvalue weighted by molar-refractivity contribution is 5.94. The molecule has 3 rings (SSSR count). The number of hydrogen-bond donors (Lipinski definition) is 2. The van der Waals surface area contributed by atoms with Crippen molar-refractivity contribution in [2.45, 2.75) is 26.0 Å². The van der Waals surface area contributed by atoms with Crippen molar-refractivity contribution in [2.24, 2.45) is 0 Å². The van der Waals surface area contributed by atoms with Gasteiger partial charge < -0.3 is 15.2 Å². The lowest BCUT2D eigenvalue weighted by Crippen LogP contribution is -2.38. The molecule has 0 fully saturated rings. The highest BCUT2D eigenvalue weighted by Gasteiger charge is 2.24. The average Bonchev–Trinajstić information content (AvgIpc) is 2.73. The van der Waals surface area contributed by atoms with Gasteiger partial charge in [-0.15, -0.1) is 0 Å². The van der Waals surface area contributed by atoms with E-state index in [1.165, 1.54) is 19.1 Å². The normalized spacial score (nSPS) is 11.7. The lowest BCUT2D eigenvalue weighted by Gasteiger charge is -2.22. The van der Waals surface area contributed by atoms with Gasteiger partial charge in [-0.2, -0.15) is 0 Å². The van der Waals surface area contributed by atoms with Gasteiger partial charge in [-0.1, -0.05) is 66.7 Å². The first-order valence-electron chi connectivity index (χ1n) is 9.36. The summed E-state index contributed by atoms with van der Waals surface area (Å²) in [4.78, 5) is 25.1. The van der Waals surface area contributed by atoms with E-state index in [4.69, 9.17) is 4.74 Å². The van der Waals surface area contributed by atoms with E-state index in [0.717, 1.165) is 16.7 Å². The largest absolute Gasteiger partial charge is 0.507 e. The lowest BCUT2D eigenvalue weighted by atomic mass is 9.98. The highest BCUT2D eigenvalue weighted by Crippen LogP contribution is 2.23. The van der Waals surface area contributed by atoms with Crippen LogP contribution in [0.1, 0.15) is 40.0 Å². The van der Waals surface area contributed by atoms with Gasteiger partial charge in [0, 0.05) is 0 Å². The average molecular weight is 389 g/mol. The summed E-state index contributed by atoms with van der Waals surface area (Å²) in [6, 6.07) is 23.4. The van der Waals surface area contributed by atoms with E-state index in [2.05, 4.69) is 5.32 Å². The Hall–Kier alpha value is -3.60. The number of esters is 1. The fraction of sp³-hybridized carbons (Fsp3) is 0.167. The summed E-state index contributed by atoms with van der Waals surface area (Å²) in [6.07, 6.45) is -1.03. The Kier molecular flexibility index (Phi) is 6.29. The number of aromatic hydroxyl groups is 1. The molecule has 0 spiro atoms. The van der Waals surface area contributed by atoms with E-state index in [0.29, 0.717) is 0 Å². The van der Waals surface area contributed by atoms with Crippen LogP contribution in [0.4, 0.5) is 0 Å². The number of aryl methyl sites for hydroxylation is 1. The summed E-state index contributed by atoms with van der Waals surface area (Å²) >= 11 is 0. The molecule has 29 heavy (non-hydrogen) atoms. The maximum absolute atomic E-state index is 12.8. The number of nitrogens with one attached hydrogen (secondary N) is 1. The second-order valence-electron chi connectivity index (χ2n) is 6.83. The second-order valence-corrected chi connectivity index (χ2v) is 6.83. The van der Waals surface area contributed by atoms with Crippen LogP contribution in [-0.4, -0.2) is 23.1 Å². The number of carbonyl (C=O) groups excluding carboxylic acids is 2. The van der Waals surface area contributed by atoms with Crippen LogP contribution >= 0.6 is 0 Å². The molecule has 0 bridgehead atoms. The van der Waals surface area contributed by atoms with Crippen LogP contribution in [0.15, 0.2) is 78.9 Å². The zero-order chi connectivity index (χ0) is 20.8. The molecule has 5 heteroatoms. The van der Waals surface area contributed by atoms with Gasteiger partial charge in [0.05, 0.1) is 6.04 Å². The van der Waals surface area contributed by atoms with Crippen LogP contribution in [0.5, 0.6) is 5.75 Å². The molecule has 3 aromatic rings. The second kappa shape index (κ2) is 9.06. The number of phenols is 1. The minimum atomic E-state index is -1.03. The molecule has 0 saturated carbocycles. The molecule has 0 heterocycles. The number of benzene rings is 3. The van der Waals surface area contributed by atoms with E-state index >= 15 is 0 Å². The zero-order valence-corrected chi connectivity index (χ0v) is 16.3. The van der Waals surface area contributed by atoms with Crippen molar-refractivity contribution in [1.82, 2.24) is 5.32 Å². The first-order chi connectivity index (χ1) is 14.0. The van der Waals surface area contributed by atoms with Crippen molar-refractivity contribution in [3.05, 3.63) is 101 Å². The summed E-state index contributed by atoms with van der Waals surface area (Å²) in [5.41, 5.74) is 2.68. The molecule has 148 valence electrons. The van der Waals surface area contributed by atoms with E-state index in [1.807, 2.05) is 60.7 Å². The Morgan fingerprint density at radius 1 is 0.897 bits per heavy atom. The van der Waals surface area contributed by atoms with E-state index < -0.39 is 18.0 Å². The van der Waals surface area contributed by atoms with Crippen LogP contribution < -0.4 is 5.32 Å². The Morgan fingerprint density at radius 2 is 1.45 bits per heavy atom. The van der Waals surface area contributed by atoms with E-state index in [9.17, 15) is 14.7 Å². The van der Waals surface area contributed by atoms with Gasteiger partial charge in [0.2, 0.25) is 0 Å². The molecule has 1 atom stereocenters. The minimum absolute atomic E-state index is 0.0259. The molecular formula is C24H23NO4. The number of phenolic OH excluding ortho intramolecular Hbond substituents is 1. The summed E-state index contributed by atoms with van der Waals surface area (Å²) in [6.45, 7) is 3.31. The number of rotatable bonds is 6. The van der Waals surface area contributed by atoms with Crippen molar-refractivity contribution < 1.29 is 19.4 Å². The molecule has 1 amide bonds. The third-order valence-corrected chi connectivity index (χ3v) is 4.58. The molecule has 0 aliphatic carbocycles. The van der Waals surface area contributed by atoms with Crippen molar-refractivity contribution in [3.8, 4) is 5.75 Å². The van der Waals surface area contributed by atoms with Crippen LogP contribution in [0.25, 0.3) is 0 Å². The Bertz CT molecular complexity index is 947. The van der Waals surface area contributed by atoms with Gasteiger partial charge in [0.25, 0.3) is 5.91 Å². The summed E-state index contributed by atoms with van der Waals surface area (Å²) in [7, 11) is 0. The minimum Gasteiger partial charge on any atom is -0.507 e. The van der Waals surface area contributed by atoms with Gasteiger partial charge in [-0.3, -0.25) is 4.79 Å². The Labute approximate surface area is 170 Å². The van der Waals surface area contributed by atoms with E-state index in [-0.39, 0.29) is 17.4 Å². The van der Waals surface area contributed by atoms with Crippen molar-refractivity contribution in [2.75, 3.05) is 0 Å². The van der Waals surface area contributed by atoms with Crippen LogP contribution in [0.2, 0.25) is 0 Å². The fourth-order valence-corrected chi connectivity index (χ4v) is 3.00. The molecule has 0 unspecified atom stereocenters. The molecule has 0 saturated heterocycles. The summed E-state index contributed by atoms with van der Waals surface area (Å²) in [5.74, 6) is -1.35. The number of carbonyl (C=O) groups is 2. The van der Waals surface area contributed by atoms with Crippen LogP contribution in [0.3, 0.4) is 0 Å². The predicted molar refractivity (Wildman–Crippen MR) is 111 cm³/mol. The van der Waals surface area contributed by atoms with Crippen molar-refractivity contribution in [1.29, 1.82) is 0 Å². The van der Waals surface area contributed by atoms with Crippen LogP contribution in [-0.2, 0) is 9.53 Å². The first kappa shape index (κ1) is 20.1. The smallest absolute Gasteiger partial charge is 0.342 e. The van der Waals surface area contributed by atoms with Gasteiger partial charge in [0.15, 0.2) is 6.10 Å². The highest BCUT2D eigenvalue weighted by atomic mass is 16.5. The van der Waals surface area contributed by atoms with Crippen molar-refractivity contribution in [3.63, 3.8) is 0 Å². The molecule has 0 aromatic heterocycles. The van der Waals surface area contributed by atoms with Gasteiger partial charge >= 0.3 is 5.97 Å². The molecule has 2 N–H and O–H groups in total. The maximum atomic E-state index is 12.8. The SMILES string of the molecule is Cc1ccc(C(=O)O[C@@H](C)C(=O)NC(c2ccccc2)c2ccccc2)c(O)c1. The van der Waals surface area contributed by atoms with Gasteiger partial charge in [-0.25, -0.2) is 4.79 Å². The molecular weight excluding hydrogens is 366 g/mol. The maximum Gasteiger partial charge on any atom is 0.342 e. The summed E-state index contributed by atoms with van der Waals surface area (Å²) in [5, 5.41) is 12.9. The fourth-order valence-electron chi connectivity index (χ4n) is 3.00. The Morgan fingerprint density at radius 3 is 1.97 bits per heavy atom. The molecule has 0 aliphatic heterocycles. The topological polar surface area (TPSA) is 75.6 Å². The number of ether oxygens (including phenoxy) is 1. The van der Waals surface area contributed by atoms with Gasteiger partial charge in [0.1, 0.15) is 11.3 Å². The zero-order valence-electron chi connectivity index (χ0n) is 16.3. The molecule has 3 aromatic carbocycles. The van der Waals surface area contributed by atoms with E-state index in [1.54, 1.807) is 13.0 Å². The molecule has 0 radical (unpaired) electrons. The van der Waals surface area contributed by atoms with Gasteiger partial charge in [-0.05, 0) is 42.7 Å². The van der Waals surface area contributed by atoms with Crippen molar-refractivity contribution >= 4 is 11.9 Å². The number of amides is 1. The summed E-state index contributed by atoms with van der Waals surface area (Å²) < 4.78 is 5.28. The third kappa shape index (κ3) is 5.02. The van der Waals surface area contributed by atoms with Crippen LogP contribution in [0, 0.1) is 6.92 Å². The lowest BCUT2D eigenvalue weighted by molar-refractivity contribution is -0.129. The first-order valence-corrected chi connectivity index (χ1v) is 9.36. The standard InChI is InChI=1S/C24H23NO4/c1-16-13-14-20(21(26)15-16)24(28)29-17(2)23(27)25-22(18-9-5-3-6-10-18)19-11-7-4-8-12-19/h3-15,17,22,26H,1-2H3,(H,25,27)/t17-/m0/s1. The monoisotopic (exact) mass is 389 g/mol. The third-order valence-electron chi connectivity index (χ3n) is 4.58. The quantitative estimate of drug-likeness (QED) is 0.621. The molecule has 0 aliphatic rings. The Balaban J connectivity index is 1.74. The molecule has 5 nitrogen and oxygen atoms in total. The number of hydrogen-bond acceptors (Lipinski definition) is 4. The predicted octanol–water partition coefficient (Wildman–Crippen LogP) is 4.15.